The number of likely N-dealkylation sites (tertiary alicyclic amines) is 1. The van der Waals surface area contributed by atoms with Crippen molar-refractivity contribution in [3.05, 3.63) is 29.6 Å². The Morgan fingerprint density at radius 3 is 2.95 bits per heavy atom. The van der Waals surface area contributed by atoms with Gasteiger partial charge in [-0.3, -0.25) is 0 Å². The molecule has 1 aliphatic heterocycles. The van der Waals surface area contributed by atoms with Gasteiger partial charge in [-0.1, -0.05) is 0 Å². The molecule has 0 bridgehead atoms. The van der Waals surface area contributed by atoms with E-state index in [-0.39, 0.29) is 12.0 Å². The first-order valence-corrected chi connectivity index (χ1v) is 7.16. The number of fused-ring (bicyclic) bond motifs is 1. The number of nitrogens with two attached hydrogens (primary N) is 1. The SMILES string of the molecule is C[C@H](N)c1nc2ccn(C)c2cc1C1CCN(C(=O)O)C1. The number of carboxylic acid groups (broad SMARTS) is 1. The zero-order valence-electron chi connectivity index (χ0n) is 12.3. The smallest absolute Gasteiger partial charge is 0.407 e. The van der Waals surface area contributed by atoms with Gasteiger partial charge in [-0.05, 0) is 31.0 Å². The molecule has 6 nitrogen and oxygen atoms in total. The Balaban J connectivity index is 2.05. The Morgan fingerprint density at radius 1 is 1.57 bits per heavy atom. The molecule has 1 amide bonds. The van der Waals surface area contributed by atoms with Gasteiger partial charge in [0.2, 0.25) is 0 Å². The molecular weight excluding hydrogens is 268 g/mol. The van der Waals surface area contributed by atoms with Crippen molar-refractivity contribution in [3.8, 4) is 0 Å². The molecule has 2 atom stereocenters. The fourth-order valence-electron chi connectivity index (χ4n) is 3.09. The van der Waals surface area contributed by atoms with Crippen molar-refractivity contribution >= 4 is 17.1 Å². The molecule has 2 aromatic heterocycles. The topological polar surface area (TPSA) is 84.4 Å². The summed E-state index contributed by atoms with van der Waals surface area (Å²) in [6.07, 6.45) is 1.95. The van der Waals surface area contributed by atoms with Crippen LogP contribution in [0.25, 0.3) is 11.0 Å². The highest BCUT2D eigenvalue weighted by Gasteiger charge is 2.30. The number of carbonyl (C=O) groups is 1. The number of aromatic nitrogens is 2. The Kier molecular flexibility index (Phi) is 3.33. The minimum absolute atomic E-state index is 0.163. The lowest BCUT2D eigenvalue weighted by molar-refractivity contribution is 0.155. The summed E-state index contributed by atoms with van der Waals surface area (Å²) in [5.74, 6) is 0.175. The molecule has 21 heavy (non-hydrogen) atoms. The van der Waals surface area contributed by atoms with Gasteiger partial charge in [0, 0.05) is 38.3 Å². The molecule has 0 spiro atoms. The molecule has 1 aliphatic rings. The number of pyridine rings is 1. The van der Waals surface area contributed by atoms with Crippen molar-refractivity contribution in [2.24, 2.45) is 12.8 Å². The van der Waals surface area contributed by atoms with E-state index < -0.39 is 6.09 Å². The zero-order chi connectivity index (χ0) is 15.1. The minimum atomic E-state index is -0.854. The summed E-state index contributed by atoms with van der Waals surface area (Å²) in [6.45, 7) is 3.01. The van der Waals surface area contributed by atoms with E-state index in [1.807, 2.05) is 30.8 Å². The molecule has 1 fully saturated rings. The maximum Gasteiger partial charge on any atom is 0.407 e. The molecule has 2 aromatic rings. The predicted octanol–water partition coefficient (Wildman–Crippen LogP) is 2.06. The lowest BCUT2D eigenvalue weighted by Crippen LogP contribution is -2.26. The third kappa shape index (κ3) is 2.35. The van der Waals surface area contributed by atoms with E-state index in [2.05, 4.69) is 6.07 Å². The van der Waals surface area contributed by atoms with Crippen LogP contribution in [0.1, 0.15) is 36.6 Å². The van der Waals surface area contributed by atoms with Crippen LogP contribution < -0.4 is 5.73 Å². The average molecular weight is 288 g/mol. The molecule has 1 saturated heterocycles. The van der Waals surface area contributed by atoms with Crippen LogP contribution in [0.4, 0.5) is 4.79 Å². The van der Waals surface area contributed by atoms with Crippen LogP contribution in [0.5, 0.6) is 0 Å². The lowest BCUT2D eigenvalue weighted by atomic mass is 9.94. The van der Waals surface area contributed by atoms with E-state index in [1.54, 1.807) is 0 Å². The largest absolute Gasteiger partial charge is 0.465 e. The molecule has 3 N–H and O–H groups in total. The zero-order valence-corrected chi connectivity index (χ0v) is 12.3. The first kappa shape index (κ1) is 13.9. The number of hydrogen-bond acceptors (Lipinski definition) is 3. The van der Waals surface area contributed by atoms with E-state index in [4.69, 9.17) is 15.8 Å². The van der Waals surface area contributed by atoms with Crippen molar-refractivity contribution < 1.29 is 9.90 Å². The number of hydrogen-bond donors (Lipinski definition) is 2. The first-order chi connectivity index (χ1) is 9.97. The molecule has 0 saturated carbocycles. The number of nitrogens with zero attached hydrogens (tertiary/aromatic N) is 3. The van der Waals surface area contributed by atoms with Crippen molar-refractivity contribution in [2.75, 3.05) is 13.1 Å². The van der Waals surface area contributed by atoms with Crippen molar-refractivity contribution in [2.45, 2.75) is 25.3 Å². The molecule has 1 unspecified atom stereocenters. The van der Waals surface area contributed by atoms with Gasteiger partial charge < -0.3 is 20.3 Å². The second-order valence-corrected chi connectivity index (χ2v) is 5.80. The quantitative estimate of drug-likeness (QED) is 0.886. The Morgan fingerprint density at radius 2 is 2.33 bits per heavy atom. The Labute approximate surface area is 123 Å². The summed E-state index contributed by atoms with van der Waals surface area (Å²) >= 11 is 0. The lowest BCUT2D eigenvalue weighted by Gasteiger charge is -2.18. The molecule has 0 aliphatic carbocycles. The maximum absolute atomic E-state index is 11.1. The van der Waals surface area contributed by atoms with Gasteiger partial charge in [-0.2, -0.15) is 0 Å². The molecule has 3 heterocycles. The normalized spacial score (nSPS) is 20.1. The van der Waals surface area contributed by atoms with Crippen LogP contribution in [0.15, 0.2) is 18.3 Å². The van der Waals surface area contributed by atoms with Crippen LogP contribution in [-0.4, -0.2) is 38.7 Å². The third-order valence-electron chi connectivity index (χ3n) is 4.26. The van der Waals surface area contributed by atoms with E-state index >= 15 is 0 Å². The second-order valence-electron chi connectivity index (χ2n) is 5.80. The second kappa shape index (κ2) is 5.04. The van der Waals surface area contributed by atoms with E-state index in [0.717, 1.165) is 28.7 Å². The van der Waals surface area contributed by atoms with Gasteiger partial charge in [0.25, 0.3) is 0 Å². The monoisotopic (exact) mass is 288 g/mol. The van der Waals surface area contributed by atoms with E-state index in [0.29, 0.717) is 13.1 Å². The van der Waals surface area contributed by atoms with Gasteiger partial charge in [0.05, 0.1) is 16.7 Å². The minimum Gasteiger partial charge on any atom is -0.465 e. The Bertz CT molecular complexity index is 692. The van der Waals surface area contributed by atoms with Crippen molar-refractivity contribution in [1.82, 2.24) is 14.5 Å². The molecule has 0 radical (unpaired) electrons. The van der Waals surface area contributed by atoms with E-state index in [9.17, 15) is 4.79 Å². The fourth-order valence-corrected chi connectivity index (χ4v) is 3.09. The fraction of sp³-hybridized carbons (Fsp3) is 0.467. The van der Waals surface area contributed by atoms with Gasteiger partial charge in [0.15, 0.2) is 0 Å². The number of rotatable bonds is 2. The van der Waals surface area contributed by atoms with Crippen LogP contribution in [0.3, 0.4) is 0 Å². The number of amides is 1. The predicted molar refractivity (Wildman–Crippen MR) is 80.3 cm³/mol. The molecule has 3 rings (SSSR count). The van der Waals surface area contributed by atoms with Crippen LogP contribution in [-0.2, 0) is 7.05 Å². The standard InChI is InChI=1S/C15H20N4O2/c1-9(16)14-11(10-3-6-19(8-10)15(20)21)7-13-12(17-14)4-5-18(13)2/h4-5,7,9-10H,3,6,8,16H2,1-2H3,(H,20,21)/t9-,10?/m0/s1. The average Bonchev–Trinajstić information content (AvgIpc) is 3.05. The number of aryl methyl sites for hydroxylation is 1. The molecule has 0 aromatic carbocycles. The highest BCUT2D eigenvalue weighted by molar-refractivity contribution is 5.77. The Hall–Kier alpha value is -2.08. The van der Waals surface area contributed by atoms with Gasteiger partial charge in [-0.15, -0.1) is 0 Å². The summed E-state index contributed by atoms with van der Waals surface area (Å²) in [4.78, 5) is 17.3. The third-order valence-corrected chi connectivity index (χ3v) is 4.26. The highest BCUT2D eigenvalue weighted by atomic mass is 16.4. The first-order valence-electron chi connectivity index (χ1n) is 7.16. The van der Waals surface area contributed by atoms with Gasteiger partial charge >= 0.3 is 6.09 Å². The van der Waals surface area contributed by atoms with E-state index in [1.165, 1.54) is 4.90 Å². The summed E-state index contributed by atoms with van der Waals surface area (Å²) in [6, 6.07) is 3.93. The van der Waals surface area contributed by atoms with Crippen molar-refractivity contribution in [3.63, 3.8) is 0 Å². The summed E-state index contributed by atoms with van der Waals surface area (Å²) in [7, 11) is 1.98. The maximum atomic E-state index is 11.1. The summed E-state index contributed by atoms with van der Waals surface area (Å²) < 4.78 is 2.03. The van der Waals surface area contributed by atoms with Crippen LogP contribution in [0, 0.1) is 0 Å². The summed E-state index contributed by atoms with van der Waals surface area (Å²) in [5.41, 5.74) is 10.0. The molecule has 6 heteroatoms. The summed E-state index contributed by atoms with van der Waals surface area (Å²) in [5, 5.41) is 9.12. The van der Waals surface area contributed by atoms with Crippen molar-refractivity contribution in [1.29, 1.82) is 0 Å². The molecule has 112 valence electrons. The van der Waals surface area contributed by atoms with Crippen LogP contribution >= 0.6 is 0 Å². The molecular formula is C15H20N4O2. The van der Waals surface area contributed by atoms with Gasteiger partial charge in [-0.25, -0.2) is 9.78 Å². The highest BCUT2D eigenvalue weighted by Crippen LogP contribution is 2.33. The van der Waals surface area contributed by atoms with Gasteiger partial charge in [0.1, 0.15) is 0 Å². The van der Waals surface area contributed by atoms with Crippen LogP contribution in [0.2, 0.25) is 0 Å².